The third-order valence-corrected chi connectivity index (χ3v) is 6.24. The monoisotopic (exact) mass is 494 g/mol. The fourth-order valence-corrected chi connectivity index (χ4v) is 4.49. The quantitative estimate of drug-likeness (QED) is 0.310. The zero-order chi connectivity index (χ0) is 25.4. The number of hydrogen-bond acceptors (Lipinski definition) is 5. The van der Waals surface area contributed by atoms with E-state index in [-0.39, 0.29) is 31.5 Å². The third-order valence-electron chi connectivity index (χ3n) is 6.24. The third kappa shape index (κ3) is 4.38. The first-order valence-corrected chi connectivity index (χ1v) is 11.7. The average molecular weight is 495 g/mol. The van der Waals surface area contributed by atoms with Crippen molar-refractivity contribution in [1.82, 2.24) is 14.8 Å². The van der Waals surface area contributed by atoms with Crippen molar-refractivity contribution in [2.75, 3.05) is 12.1 Å². The van der Waals surface area contributed by atoms with Gasteiger partial charge in [-0.25, -0.2) is 4.79 Å². The molecule has 4 amide bonds. The lowest BCUT2D eigenvalue weighted by molar-refractivity contribution is -0.123. The van der Waals surface area contributed by atoms with Gasteiger partial charge in [-0.05, 0) is 29.8 Å². The molecule has 1 fully saturated rings. The molecule has 0 bridgehead atoms. The highest BCUT2D eigenvalue weighted by atomic mass is 16.7. The first kappa shape index (κ1) is 22.4. The van der Waals surface area contributed by atoms with Crippen LogP contribution < -0.4 is 20.1 Å². The van der Waals surface area contributed by atoms with E-state index in [0.29, 0.717) is 17.2 Å². The molecule has 0 spiro atoms. The molecule has 2 N–H and O–H groups in total. The van der Waals surface area contributed by atoms with Crippen molar-refractivity contribution in [3.05, 3.63) is 95.8 Å². The number of imide groups is 1. The highest BCUT2D eigenvalue weighted by Crippen LogP contribution is 2.34. The van der Waals surface area contributed by atoms with E-state index < -0.39 is 11.9 Å². The summed E-state index contributed by atoms with van der Waals surface area (Å²) >= 11 is 0. The molecular weight excluding hydrogens is 472 g/mol. The fourth-order valence-electron chi connectivity index (χ4n) is 4.49. The van der Waals surface area contributed by atoms with Crippen LogP contribution in [0.15, 0.2) is 84.7 Å². The van der Waals surface area contributed by atoms with E-state index in [4.69, 9.17) is 9.47 Å². The van der Waals surface area contributed by atoms with Crippen molar-refractivity contribution in [2.45, 2.75) is 13.1 Å². The smallest absolute Gasteiger partial charge is 0.329 e. The Balaban J connectivity index is 1.23. The molecule has 3 heterocycles. The summed E-state index contributed by atoms with van der Waals surface area (Å²) in [7, 11) is 0. The minimum Gasteiger partial charge on any atom is -0.454 e. The molecule has 0 aliphatic carbocycles. The molecular formula is C28H22N4O5. The van der Waals surface area contributed by atoms with Crippen LogP contribution in [0.3, 0.4) is 0 Å². The second-order valence-corrected chi connectivity index (χ2v) is 8.71. The lowest BCUT2D eigenvalue weighted by Crippen LogP contribution is -2.30. The van der Waals surface area contributed by atoms with Gasteiger partial charge in [-0.3, -0.25) is 14.5 Å². The van der Waals surface area contributed by atoms with Crippen molar-refractivity contribution >= 4 is 40.5 Å². The molecule has 1 saturated heterocycles. The summed E-state index contributed by atoms with van der Waals surface area (Å²) in [4.78, 5) is 39.6. The Morgan fingerprint density at radius 3 is 2.62 bits per heavy atom. The summed E-state index contributed by atoms with van der Waals surface area (Å²) < 4.78 is 12.5. The Hall–Kier alpha value is -5.05. The molecule has 9 heteroatoms. The molecule has 37 heavy (non-hydrogen) atoms. The van der Waals surface area contributed by atoms with E-state index in [1.807, 2.05) is 59.2 Å². The number of fused-ring (bicyclic) bond motifs is 2. The molecule has 0 saturated carbocycles. The van der Waals surface area contributed by atoms with E-state index in [1.54, 1.807) is 30.5 Å². The number of benzene rings is 3. The van der Waals surface area contributed by atoms with Gasteiger partial charge in [-0.1, -0.05) is 48.5 Å². The lowest BCUT2D eigenvalue weighted by Gasteiger charge is -2.11. The standard InChI is InChI=1S/C28H22N4O5/c33-26(29-20-10-11-24-25(13-20)37-17-36-24)16-31-15-19(21-8-4-5-9-23(21)31)12-22-27(34)32(28(35)30-22)14-18-6-2-1-3-7-18/h1-13,15H,14,16-17H2,(H,29,33)(H,30,35)/b22-12-. The summed E-state index contributed by atoms with van der Waals surface area (Å²) in [6.45, 7) is 0.399. The van der Waals surface area contributed by atoms with E-state index in [2.05, 4.69) is 10.6 Å². The first-order valence-electron chi connectivity index (χ1n) is 11.7. The number of carbonyl (C=O) groups excluding carboxylic acids is 3. The molecule has 6 rings (SSSR count). The normalized spacial score (nSPS) is 15.5. The van der Waals surface area contributed by atoms with Crippen LogP contribution in [-0.4, -0.2) is 34.1 Å². The summed E-state index contributed by atoms with van der Waals surface area (Å²) in [5.74, 6) is 0.606. The number of rotatable bonds is 6. The number of aromatic nitrogens is 1. The maximum absolute atomic E-state index is 13.0. The zero-order valence-electron chi connectivity index (χ0n) is 19.6. The predicted molar refractivity (Wildman–Crippen MR) is 137 cm³/mol. The molecule has 3 aromatic carbocycles. The van der Waals surface area contributed by atoms with Gasteiger partial charge < -0.3 is 24.7 Å². The SMILES string of the molecule is O=C(Cn1cc(/C=C2\NC(=O)N(Cc3ccccc3)C2=O)c2ccccc21)Nc1ccc2c(c1)OCO2. The van der Waals surface area contributed by atoms with Crippen LogP contribution in [0.5, 0.6) is 11.5 Å². The minimum atomic E-state index is -0.466. The highest BCUT2D eigenvalue weighted by molar-refractivity contribution is 6.14. The van der Waals surface area contributed by atoms with Gasteiger partial charge in [0.05, 0.1) is 6.54 Å². The molecule has 2 aliphatic rings. The van der Waals surface area contributed by atoms with Crippen molar-refractivity contribution in [3.8, 4) is 11.5 Å². The first-order chi connectivity index (χ1) is 18.0. The van der Waals surface area contributed by atoms with Gasteiger partial charge in [0, 0.05) is 34.4 Å². The second kappa shape index (κ2) is 9.19. The number of anilines is 1. The maximum Gasteiger partial charge on any atom is 0.329 e. The second-order valence-electron chi connectivity index (χ2n) is 8.71. The van der Waals surface area contributed by atoms with Gasteiger partial charge in [-0.2, -0.15) is 0 Å². The summed E-state index contributed by atoms with van der Waals surface area (Å²) in [6, 6.07) is 21.7. The Morgan fingerprint density at radius 2 is 1.76 bits per heavy atom. The lowest BCUT2D eigenvalue weighted by atomic mass is 10.1. The Morgan fingerprint density at radius 1 is 0.973 bits per heavy atom. The number of nitrogens with one attached hydrogen (secondary N) is 2. The molecule has 0 atom stereocenters. The number of nitrogens with zero attached hydrogens (tertiary/aromatic N) is 2. The number of hydrogen-bond donors (Lipinski definition) is 2. The number of urea groups is 1. The van der Waals surface area contributed by atoms with Crippen LogP contribution in [0.25, 0.3) is 17.0 Å². The van der Waals surface area contributed by atoms with Crippen molar-refractivity contribution in [1.29, 1.82) is 0 Å². The van der Waals surface area contributed by atoms with Gasteiger partial charge in [0.1, 0.15) is 12.2 Å². The number of ether oxygens (including phenoxy) is 2. The predicted octanol–water partition coefficient (Wildman–Crippen LogP) is 4.10. The Kier molecular flexibility index (Phi) is 5.57. The maximum atomic E-state index is 13.0. The number of amides is 4. The summed E-state index contributed by atoms with van der Waals surface area (Å²) in [5, 5.41) is 6.41. The Labute approximate surface area is 211 Å². The van der Waals surface area contributed by atoms with Crippen LogP contribution >= 0.6 is 0 Å². The van der Waals surface area contributed by atoms with Gasteiger partial charge >= 0.3 is 6.03 Å². The molecule has 4 aromatic rings. The van der Waals surface area contributed by atoms with Crippen molar-refractivity contribution in [2.24, 2.45) is 0 Å². The summed E-state index contributed by atoms with van der Waals surface area (Å²) in [6.07, 6.45) is 3.45. The topological polar surface area (TPSA) is 102 Å². The molecule has 184 valence electrons. The van der Waals surface area contributed by atoms with E-state index in [9.17, 15) is 14.4 Å². The highest BCUT2D eigenvalue weighted by Gasteiger charge is 2.33. The molecule has 1 aromatic heterocycles. The molecule has 9 nitrogen and oxygen atoms in total. The minimum absolute atomic E-state index is 0.0541. The van der Waals surface area contributed by atoms with Gasteiger partial charge in [-0.15, -0.1) is 0 Å². The number of carbonyl (C=O) groups is 3. The largest absolute Gasteiger partial charge is 0.454 e. The van der Waals surface area contributed by atoms with Gasteiger partial charge in [0.25, 0.3) is 5.91 Å². The Bertz CT molecular complexity index is 1570. The van der Waals surface area contributed by atoms with Crippen molar-refractivity contribution < 1.29 is 23.9 Å². The summed E-state index contributed by atoms with van der Waals surface area (Å²) in [5.41, 5.74) is 3.20. The van der Waals surface area contributed by atoms with Gasteiger partial charge in [0.2, 0.25) is 12.7 Å². The molecule has 2 aliphatic heterocycles. The van der Waals surface area contributed by atoms with Crippen LogP contribution in [0, 0.1) is 0 Å². The van der Waals surface area contributed by atoms with Crippen molar-refractivity contribution in [3.63, 3.8) is 0 Å². The average Bonchev–Trinajstić information content (AvgIpc) is 3.58. The van der Waals surface area contributed by atoms with E-state index >= 15 is 0 Å². The zero-order valence-corrected chi connectivity index (χ0v) is 19.6. The van der Waals surface area contributed by atoms with E-state index in [1.165, 1.54) is 4.90 Å². The molecule has 0 unspecified atom stereocenters. The van der Waals surface area contributed by atoms with Crippen LogP contribution in [0.4, 0.5) is 10.5 Å². The van der Waals surface area contributed by atoms with Gasteiger partial charge in [0.15, 0.2) is 11.5 Å². The molecule has 0 radical (unpaired) electrons. The number of para-hydroxylation sites is 1. The fraction of sp³-hybridized carbons (Fsp3) is 0.107. The van der Waals surface area contributed by atoms with Crippen LogP contribution in [0.2, 0.25) is 0 Å². The van der Waals surface area contributed by atoms with Crippen LogP contribution in [-0.2, 0) is 22.7 Å². The van der Waals surface area contributed by atoms with E-state index in [0.717, 1.165) is 22.0 Å². The van der Waals surface area contributed by atoms with Crippen LogP contribution in [0.1, 0.15) is 11.1 Å².